The number of carbonyl (C=O) groups is 1. The zero-order valence-corrected chi connectivity index (χ0v) is 12.4. The van der Waals surface area contributed by atoms with Gasteiger partial charge in [-0.1, -0.05) is 12.1 Å². The second-order valence-electron chi connectivity index (χ2n) is 5.38. The molecule has 1 aliphatic rings. The maximum atomic E-state index is 12.3. The minimum Gasteiger partial charge on any atom is -0.376 e. The minimum atomic E-state index is -0.278. The van der Waals surface area contributed by atoms with Gasteiger partial charge < -0.3 is 19.4 Å². The van der Waals surface area contributed by atoms with Crippen molar-refractivity contribution < 1.29 is 14.3 Å². The number of carbonyl (C=O) groups excluding carboxylic acids is 1. The van der Waals surface area contributed by atoms with E-state index in [0.29, 0.717) is 26.4 Å². The summed E-state index contributed by atoms with van der Waals surface area (Å²) in [6.45, 7) is 2.10. The molecule has 0 bridgehead atoms. The fourth-order valence-corrected chi connectivity index (χ4v) is 2.57. The normalized spacial score (nSPS) is 18.5. The average molecular weight is 305 g/mol. The van der Waals surface area contributed by atoms with Crippen LogP contribution in [-0.4, -0.2) is 59.9 Å². The van der Waals surface area contributed by atoms with Crippen molar-refractivity contribution in [3.8, 4) is 0 Å². The fourth-order valence-electron chi connectivity index (χ4n) is 2.57. The van der Waals surface area contributed by atoms with Crippen LogP contribution in [0.25, 0.3) is 11.0 Å². The summed E-state index contributed by atoms with van der Waals surface area (Å²) < 4.78 is 12.3. The quantitative estimate of drug-likeness (QED) is 0.875. The Kier molecular flexibility index (Phi) is 4.26. The molecule has 1 fully saturated rings. The number of H-pyrrole nitrogens is 1. The second kappa shape index (κ2) is 6.33. The first-order chi connectivity index (χ1) is 10.6. The lowest BCUT2D eigenvalue weighted by atomic mass is 10.3. The van der Waals surface area contributed by atoms with Crippen LogP contribution >= 0.6 is 0 Å². The van der Waals surface area contributed by atoms with E-state index in [1.165, 1.54) is 4.57 Å². The Morgan fingerprint density at radius 1 is 1.41 bits per heavy atom. The largest absolute Gasteiger partial charge is 0.376 e. The van der Waals surface area contributed by atoms with Crippen molar-refractivity contribution in [1.29, 1.82) is 0 Å². The molecule has 22 heavy (non-hydrogen) atoms. The van der Waals surface area contributed by atoms with Crippen molar-refractivity contribution in [2.24, 2.45) is 0 Å². The van der Waals surface area contributed by atoms with E-state index >= 15 is 0 Å². The van der Waals surface area contributed by atoms with Crippen LogP contribution in [0, 0.1) is 0 Å². The minimum absolute atomic E-state index is 0.00687. The van der Waals surface area contributed by atoms with Crippen LogP contribution in [0.5, 0.6) is 0 Å². The van der Waals surface area contributed by atoms with Crippen LogP contribution in [0.3, 0.4) is 0 Å². The fraction of sp³-hybridized carbons (Fsp3) is 0.467. The van der Waals surface area contributed by atoms with Gasteiger partial charge in [0.25, 0.3) is 0 Å². The summed E-state index contributed by atoms with van der Waals surface area (Å²) in [7, 11) is 1.71. The van der Waals surface area contributed by atoms with Gasteiger partial charge >= 0.3 is 5.69 Å². The number of amides is 1. The smallest absolute Gasteiger partial charge is 0.326 e. The van der Waals surface area contributed by atoms with Crippen molar-refractivity contribution >= 4 is 16.9 Å². The molecule has 7 heteroatoms. The van der Waals surface area contributed by atoms with Crippen molar-refractivity contribution in [2.45, 2.75) is 12.6 Å². The van der Waals surface area contributed by atoms with E-state index < -0.39 is 0 Å². The van der Waals surface area contributed by atoms with E-state index in [9.17, 15) is 9.59 Å². The van der Waals surface area contributed by atoms with Gasteiger partial charge in [0.1, 0.15) is 6.54 Å². The standard InChI is InChI=1S/C15H19N3O4/c1-17(8-11-10-21-6-7-22-11)14(19)9-18-13-5-3-2-4-12(13)16-15(18)20/h2-5,11H,6-10H2,1H3,(H,16,20)/t11-/m0/s1. The van der Waals surface area contributed by atoms with Gasteiger partial charge in [-0.25, -0.2) is 4.79 Å². The lowest BCUT2D eigenvalue weighted by molar-refractivity contribution is -0.136. The lowest BCUT2D eigenvalue weighted by Gasteiger charge is -2.27. The number of rotatable bonds is 4. The molecule has 7 nitrogen and oxygen atoms in total. The highest BCUT2D eigenvalue weighted by Crippen LogP contribution is 2.09. The number of aromatic nitrogens is 2. The number of ether oxygens (including phenoxy) is 2. The number of imidazole rings is 1. The molecule has 0 spiro atoms. The maximum Gasteiger partial charge on any atom is 0.326 e. The number of benzene rings is 1. The highest BCUT2D eigenvalue weighted by atomic mass is 16.6. The number of hydrogen-bond acceptors (Lipinski definition) is 4. The Balaban J connectivity index is 1.69. The summed E-state index contributed by atoms with van der Waals surface area (Å²) in [5, 5.41) is 0. The Morgan fingerprint density at radius 3 is 3.00 bits per heavy atom. The predicted molar refractivity (Wildman–Crippen MR) is 80.8 cm³/mol. The van der Waals surface area contributed by atoms with Crippen LogP contribution in [0.1, 0.15) is 0 Å². The molecule has 2 heterocycles. The predicted octanol–water partition coefficient (Wildman–Crippen LogP) is 0.203. The molecule has 1 amide bonds. The Morgan fingerprint density at radius 2 is 2.23 bits per heavy atom. The first-order valence-corrected chi connectivity index (χ1v) is 7.26. The van der Waals surface area contributed by atoms with Crippen LogP contribution in [-0.2, 0) is 20.8 Å². The van der Waals surface area contributed by atoms with Gasteiger partial charge in [-0.3, -0.25) is 9.36 Å². The van der Waals surface area contributed by atoms with E-state index in [1.54, 1.807) is 11.9 Å². The highest BCUT2D eigenvalue weighted by Gasteiger charge is 2.20. The molecule has 1 aromatic heterocycles. The number of para-hydroxylation sites is 2. The molecule has 118 valence electrons. The van der Waals surface area contributed by atoms with Crippen LogP contribution in [0.2, 0.25) is 0 Å². The molecule has 1 N–H and O–H groups in total. The highest BCUT2D eigenvalue weighted by molar-refractivity contribution is 5.80. The van der Waals surface area contributed by atoms with E-state index in [0.717, 1.165) is 11.0 Å². The zero-order chi connectivity index (χ0) is 15.5. The zero-order valence-electron chi connectivity index (χ0n) is 12.4. The van der Waals surface area contributed by atoms with E-state index in [4.69, 9.17) is 9.47 Å². The van der Waals surface area contributed by atoms with E-state index in [2.05, 4.69) is 4.98 Å². The third kappa shape index (κ3) is 3.05. The van der Waals surface area contributed by atoms with Gasteiger partial charge in [-0.2, -0.15) is 0 Å². The number of nitrogens with zero attached hydrogens (tertiary/aromatic N) is 2. The van der Waals surface area contributed by atoms with E-state index in [-0.39, 0.29) is 24.2 Å². The maximum absolute atomic E-state index is 12.3. The summed E-state index contributed by atoms with van der Waals surface area (Å²) in [6.07, 6.45) is -0.109. The van der Waals surface area contributed by atoms with Crippen molar-refractivity contribution in [3.05, 3.63) is 34.7 Å². The Labute approximate surface area is 127 Å². The molecule has 0 aliphatic carbocycles. The third-order valence-electron chi connectivity index (χ3n) is 3.76. The first-order valence-electron chi connectivity index (χ1n) is 7.26. The Hall–Kier alpha value is -2.12. The van der Waals surface area contributed by atoms with Gasteiger partial charge in [-0.05, 0) is 12.1 Å². The summed E-state index contributed by atoms with van der Waals surface area (Å²) >= 11 is 0. The van der Waals surface area contributed by atoms with Gasteiger partial charge in [0.15, 0.2) is 0 Å². The number of hydrogen-bond donors (Lipinski definition) is 1. The average Bonchev–Trinajstić information content (AvgIpc) is 2.84. The van der Waals surface area contributed by atoms with Crippen LogP contribution < -0.4 is 5.69 Å². The molecule has 2 aromatic rings. The van der Waals surface area contributed by atoms with Crippen molar-refractivity contribution in [1.82, 2.24) is 14.5 Å². The van der Waals surface area contributed by atoms with Crippen LogP contribution in [0.4, 0.5) is 0 Å². The Bertz CT molecular complexity index is 715. The molecule has 0 saturated carbocycles. The van der Waals surface area contributed by atoms with Gasteiger partial charge in [0, 0.05) is 13.6 Å². The number of nitrogens with one attached hydrogen (secondary N) is 1. The third-order valence-corrected chi connectivity index (χ3v) is 3.76. The molecule has 1 saturated heterocycles. The molecule has 1 aliphatic heterocycles. The summed E-state index contributed by atoms with van der Waals surface area (Å²) in [5.41, 5.74) is 1.18. The van der Waals surface area contributed by atoms with Crippen molar-refractivity contribution in [3.63, 3.8) is 0 Å². The van der Waals surface area contributed by atoms with Gasteiger partial charge in [-0.15, -0.1) is 0 Å². The summed E-state index contributed by atoms with van der Waals surface area (Å²) in [4.78, 5) is 28.6. The van der Waals surface area contributed by atoms with Crippen molar-refractivity contribution in [2.75, 3.05) is 33.4 Å². The van der Waals surface area contributed by atoms with E-state index in [1.807, 2.05) is 24.3 Å². The number of fused-ring (bicyclic) bond motifs is 1. The SMILES string of the molecule is CN(C[C@H]1COCCO1)C(=O)Cn1c(=O)[nH]c2ccccc21. The second-order valence-corrected chi connectivity index (χ2v) is 5.38. The van der Waals surface area contributed by atoms with Gasteiger partial charge in [0.05, 0.1) is 37.0 Å². The first kappa shape index (κ1) is 14.8. The monoisotopic (exact) mass is 305 g/mol. The summed E-state index contributed by atoms with van der Waals surface area (Å²) in [6, 6.07) is 7.32. The lowest BCUT2D eigenvalue weighted by Crippen LogP contribution is -2.42. The summed E-state index contributed by atoms with van der Waals surface area (Å²) in [5.74, 6) is -0.138. The number of aromatic amines is 1. The molecule has 1 atom stereocenters. The topological polar surface area (TPSA) is 76.6 Å². The molecule has 1 aromatic carbocycles. The molecule has 0 radical (unpaired) electrons. The molecular formula is C15H19N3O4. The molecule has 3 rings (SSSR count). The number of likely N-dealkylation sites (N-methyl/N-ethyl adjacent to an activating group) is 1. The molecular weight excluding hydrogens is 286 g/mol. The van der Waals surface area contributed by atoms with Gasteiger partial charge in [0.2, 0.25) is 5.91 Å². The molecule has 0 unspecified atom stereocenters. The van der Waals surface area contributed by atoms with Crippen LogP contribution in [0.15, 0.2) is 29.1 Å².